The second-order valence-electron chi connectivity index (χ2n) is 7.21. The average Bonchev–Trinajstić information content (AvgIpc) is 3.22. The minimum atomic E-state index is 0.196. The first-order valence-corrected chi connectivity index (χ1v) is 11.5. The molecule has 2 heterocycles. The zero-order valence-electron chi connectivity index (χ0n) is 17.0. The highest BCUT2D eigenvalue weighted by atomic mass is 32.2. The minimum absolute atomic E-state index is 0.196. The van der Waals surface area contributed by atoms with Crippen molar-refractivity contribution in [1.82, 2.24) is 9.88 Å². The Morgan fingerprint density at radius 2 is 1.76 bits per heavy atom. The number of fused-ring (bicyclic) bond motifs is 1. The van der Waals surface area contributed by atoms with Gasteiger partial charge in [-0.1, -0.05) is 23.5 Å². The van der Waals surface area contributed by atoms with Crippen LogP contribution in [0.25, 0.3) is 10.2 Å². The van der Waals surface area contributed by atoms with Gasteiger partial charge in [-0.2, -0.15) is 0 Å². The van der Waals surface area contributed by atoms with Crippen molar-refractivity contribution in [2.45, 2.75) is 18.7 Å². The normalized spacial score (nSPS) is 14.4. The van der Waals surface area contributed by atoms with E-state index in [-0.39, 0.29) is 5.91 Å². The maximum Gasteiger partial charge on any atom is 0.233 e. The number of hydrogen-bond donors (Lipinski definition) is 0. The third kappa shape index (κ3) is 4.36. The molecule has 152 valence electrons. The molecule has 1 fully saturated rings. The molecular weight excluding hydrogens is 402 g/mol. The fourth-order valence-corrected chi connectivity index (χ4v) is 5.40. The summed E-state index contributed by atoms with van der Waals surface area (Å²) in [5.74, 6) is 1.49. The molecule has 0 unspecified atom stereocenters. The van der Waals surface area contributed by atoms with Crippen molar-refractivity contribution in [2.24, 2.45) is 0 Å². The fourth-order valence-electron chi connectivity index (χ4n) is 3.44. The van der Waals surface area contributed by atoms with E-state index >= 15 is 0 Å². The number of carbonyl (C=O) groups is 1. The van der Waals surface area contributed by atoms with Crippen LogP contribution >= 0.6 is 23.1 Å². The summed E-state index contributed by atoms with van der Waals surface area (Å²) in [7, 11) is 1.65. The van der Waals surface area contributed by atoms with Gasteiger partial charge in [0.05, 0.1) is 23.1 Å². The first kappa shape index (κ1) is 20.0. The number of thioether (sulfide) groups is 1. The van der Waals surface area contributed by atoms with Crippen molar-refractivity contribution in [3.05, 3.63) is 47.5 Å². The Labute approximate surface area is 179 Å². The minimum Gasteiger partial charge on any atom is -0.497 e. The van der Waals surface area contributed by atoms with Crippen molar-refractivity contribution in [3.8, 4) is 5.75 Å². The van der Waals surface area contributed by atoms with Gasteiger partial charge in [0.2, 0.25) is 5.91 Å². The third-order valence-electron chi connectivity index (χ3n) is 5.26. The largest absolute Gasteiger partial charge is 0.497 e. The molecular formula is C22H25N3O2S2. The molecule has 1 saturated heterocycles. The molecule has 0 radical (unpaired) electrons. The van der Waals surface area contributed by atoms with E-state index < -0.39 is 0 Å². The highest BCUT2D eigenvalue weighted by Crippen LogP contribution is 2.33. The van der Waals surface area contributed by atoms with E-state index in [1.807, 2.05) is 29.2 Å². The Morgan fingerprint density at radius 3 is 2.41 bits per heavy atom. The number of aromatic nitrogens is 1. The third-order valence-corrected chi connectivity index (χ3v) is 7.50. The molecule has 0 spiro atoms. The summed E-state index contributed by atoms with van der Waals surface area (Å²) in [4.78, 5) is 22.9. The van der Waals surface area contributed by atoms with E-state index in [1.54, 1.807) is 30.2 Å². The fraction of sp³-hybridized carbons (Fsp3) is 0.364. The molecule has 1 aliphatic heterocycles. The number of carbonyl (C=O) groups excluding carboxylic acids is 1. The van der Waals surface area contributed by atoms with Crippen molar-refractivity contribution >= 4 is 44.4 Å². The Kier molecular flexibility index (Phi) is 5.96. The first-order chi connectivity index (χ1) is 14.0. The smallest absolute Gasteiger partial charge is 0.233 e. The van der Waals surface area contributed by atoms with Gasteiger partial charge >= 0.3 is 0 Å². The number of benzene rings is 2. The van der Waals surface area contributed by atoms with E-state index in [2.05, 4.69) is 30.9 Å². The lowest BCUT2D eigenvalue weighted by Crippen LogP contribution is -2.49. The maximum atomic E-state index is 12.6. The SMILES string of the molecule is COc1ccc(SCC(=O)N2CCN(c3nc4c(C)ccc(C)c4s3)CC2)cc1. The Morgan fingerprint density at radius 1 is 1.07 bits per heavy atom. The lowest BCUT2D eigenvalue weighted by molar-refractivity contribution is -0.128. The summed E-state index contributed by atoms with van der Waals surface area (Å²) in [6.45, 7) is 7.41. The van der Waals surface area contributed by atoms with Gasteiger partial charge in [-0.3, -0.25) is 4.79 Å². The molecule has 1 aliphatic rings. The maximum absolute atomic E-state index is 12.6. The van der Waals surface area contributed by atoms with E-state index in [9.17, 15) is 4.79 Å². The number of piperazine rings is 1. The first-order valence-electron chi connectivity index (χ1n) is 9.71. The lowest BCUT2D eigenvalue weighted by Gasteiger charge is -2.34. The molecule has 1 amide bonds. The molecule has 29 heavy (non-hydrogen) atoms. The van der Waals surface area contributed by atoms with Crippen LogP contribution in [0.15, 0.2) is 41.3 Å². The molecule has 7 heteroatoms. The van der Waals surface area contributed by atoms with Gasteiger partial charge in [-0.15, -0.1) is 11.8 Å². The quantitative estimate of drug-likeness (QED) is 0.566. The summed E-state index contributed by atoms with van der Waals surface area (Å²) >= 11 is 3.34. The summed E-state index contributed by atoms with van der Waals surface area (Å²) in [6, 6.07) is 12.1. The van der Waals surface area contributed by atoms with Crippen LogP contribution in [0.4, 0.5) is 5.13 Å². The number of aryl methyl sites for hydroxylation is 2. The monoisotopic (exact) mass is 427 g/mol. The van der Waals surface area contributed by atoms with Crippen molar-refractivity contribution < 1.29 is 9.53 Å². The number of anilines is 1. The molecule has 4 rings (SSSR count). The number of thiazole rings is 1. The number of hydrogen-bond acceptors (Lipinski definition) is 6. The summed E-state index contributed by atoms with van der Waals surface area (Å²) in [5, 5.41) is 1.07. The molecule has 5 nitrogen and oxygen atoms in total. The standard InChI is InChI=1S/C22H25N3O2S2/c1-15-4-5-16(2)21-20(15)23-22(29-21)25-12-10-24(11-13-25)19(26)14-28-18-8-6-17(27-3)7-9-18/h4-9H,10-14H2,1-3H3. The van der Waals surface area contributed by atoms with Gasteiger partial charge in [0.15, 0.2) is 5.13 Å². The molecule has 1 aromatic heterocycles. The van der Waals surface area contributed by atoms with Crippen LogP contribution < -0.4 is 9.64 Å². The van der Waals surface area contributed by atoms with Crippen LogP contribution in [-0.4, -0.2) is 54.8 Å². The van der Waals surface area contributed by atoms with Crippen LogP contribution in [0, 0.1) is 13.8 Å². The molecule has 0 bridgehead atoms. The van der Waals surface area contributed by atoms with Gasteiger partial charge in [0.25, 0.3) is 0 Å². The molecule has 0 saturated carbocycles. The topological polar surface area (TPSA) is 45.7 Å². The Bertz CT molecular complexity index is 970. The summed E-state index contributed by atoms with van der Waals surface area (Å²) < 4.78 is 6.45. The highest BCUT2D eigenvalue weighted by Gasteiger charge is 2.23. The number of methoxy groups -OCH3 is 1. The summed E-state index contributed by atoms with van der Waals surface area (Å²) in [6.07, 6.45) is 0. The molecule has 0 atom stereocenters. The second kappa shape index (κ2) is 8.63. The van der Waals surface area contributed by atoms with Gasteiger partial charge < -0.3 is 14.5 Å². The van der Waals surface area contributed by atoms with Crippen molar-refractivity contribution in [2.75, 3.05) is 43.9 Å². The predicted molar refractivity (Wildman–Crippen MR) is 122 cm³/mol. The van der Waals surface area contributed by atoms with Crippen molar-refractivity contribution in [3.63, 3.8) is 0 Å². The number of rotatable bonds is 5. The molecule has 3 aromatic rings. The zero-order valence-corrected chi connectivity index (χ0v) is 18.6. The highest BCUT2D eigenvalue weighted by molar-refractivity contribution is 8.00. The number of ether oxygens (including phenoxy) is 1. The van der Waals surface area contributed by atoms with Crippen LogP contribution in [0.1, 0.15) is 11.1 Å². The van der Waals surface area contributed by atoms with Gasteiger partial charge in [0, 0.05) is 31.1 Å². The van der Waals surface area contributed by atoms with Crippen molar-refractivity contribution in [1.29, 1.82) is 0 Å². The van der Waals surface area contributed by atoms with Gasteiger partial charge in [-0.25, -0.2) is 4.98 Å². The second-order valence-corrected chi connectivity index (χ2v) is 9.23. The zero-order chi connectivity index (χ0) is 20.4. The van der Waals surface area contributed by atoms with E-state index in [0.717, 1.165) is 47.5 Å². The van der Waals surface area contributed by atoms with E-state index in [4.69, 9.17) is 9.72 Å². The molecule has 0 aliphatic carbocycles. The van der Waals surface area contributed by atoms with Gasteiger partial charge in [-0.05, 0) is 49.2 Å². The average molecular weight is 428 g/mol. The lowest BCUT2D eigenvalue weighted by atomic mass is 10.1. The van der Waals surface area contributed by atoms with E-state index in [0.29, 0.717) is 5.75 Å². The van der Waals surface area contributed by atoms with Crippen LogP contribution in [0.5, 0.6) is 5.75 Å². The number of nitrogens with zero attached hydrogens (tertiary/aromatic N) is 3. The Balaban J connectivity index is 1.33. The van der Waals surface area contributed by atoms with Crippen LogP contribution in [0.3, 0.4) is 0 Å². The Hall–Kier alpha value is -2.25. The number of amides is 1. The molecule has 2 aromatic carbocycles. The van der Waals surface area contributed by atoms with Crippen LogP contribution in [0.2, 0.25) is 0 Å². The predicted octanol–water partition coefficient (Wildman–Crippen LogP) is 4.36. The molecule has 0 N–H and O–H groups in total. The van der Waals surface area contributed by atoms with E-state index in [1.165, 1.54) is 15.8 Å². The van der Waals surface area contributed by atoms with Crippen LogP contribution in [-0.2, 0) is 4.79 Å². The summed E-state index contributed by atoms with van der Waals surface area (Å²) in [5.41, 5.74) is 3.61. The van der Waals surface area contributed by atoms with Gasteiger partial charge in [0.1, 0.15) is 5.75 Å².